The van der Waals surface area contributed by atoms with Crippen LogP contribution in [0.3, 0.4) is 0 Å². The molecule has 250 valence electrons. The van der Waals surface area contributed by atoms with Gasteiger partial charge in [0.15, 0.2) is 0 Å². The van der Waals surface area contributed by atoms with E-state index in [0.717, 1.165) is 17.1 Å². The first-order valence-electron chi connectivity index (χ1n) is 18.2. The normalized spacial score (nSPS) is 11.0. The Morgan fingerprint density at radius 1 is 0.226 bits per heavy atom. The van der Waals surface area contributed by atoms with Gasteiger partial charge in [-0.05, 0) is 109 Å². The minimum Gasteiger partial charge on any atom is -0.310 e. The summed E-state index contributed by atoms with van der Waals surface area (Å²) in [5.74, 6) is 0. The minimum absolute atomic E-state index is 1.10. The maximum atomic E-state index is 2.37. The van der Waals surface area contributed by atoms with Crippen LogP contribution in [0.5, 0.6) is 0 Å². The first kappa shape index (κ1) is 32.0. The van der Waals surface area contributed by atoms with E-state index in [2.05, 4.69) is 229 Å². The Kier molecular flexibility index (Phi) is 8.66. The number of hydrogen-bond acceptors (Lipinski definition) is 1. The molecule has 1 heteroatoms. The summed E-state index contributed by atoms with van der Waals surface area (Å²) in [6.45, 7) is 0. The predicted octanol–water partition coefficient (Wildman–Crippen LogP) is 14.6. The lowest BCUT2D eigenvalue weighted by Crippen LogP contribution is -2.11. The molecule has 1 nitrogen and oxygen atoms in total. The molecule has 53 heavy (non-hydrogen) atoms. The van der Waals surface area contributed by atoms with Crippen molar-refractivity contribution < 1.29 is 0 Å². The number of hydrogen-bond donors (Lipinski definition) is 0. The topological polar surface area (TPSA) is 3.24 Å². The van der Waals surface area contributed by atoms with Gasteiger partial charge in [-0.2, -0.15) is 0 Å². The maximum Gasteiger partial charge on any atom is 0.0540 e. The van der Waals surface area contributed by atoms with Gasteiger partial charge in [0.05, 0.1) is 5.69 Å². The van der Waals surface area contributed by atoms with Crippen molar-refractivity contribution in [3.05, 3.63) is 224 Å². The molecule has 0 aliphatic heterocycles. The van der Waals surface area contributed by atoms with Gasteiger partial charge < -0.3 is 4.90 Å². The number of para-hydroxylation sites is 1. The Morgan fingerprint density at radius 2 is 0.623 bits per heavy atom. The monoisotopic (exact) mass is 675 g/mol. The fourth-order valence-electron chi connectivity index (χ4n) is 7.32. The van der Waals surface area contributed by atoms with Gasteiger partial charge in [0, 0.05) is 16.9 Å². The summed E-state index contributed by atoms with van der Waals surface area (Å²) < 4.78 is 0. The molecular formula is C52H37N. The average molecular weight is 676 g/mol. The molecule has 0 radical (unpaired) electrons. The van der Waals surface area contributed by atoms with E-state index < -0.39 is 0 Å². The highest BCUT2D eigenvalue weighted by atomic mass is 15.1. The maximum absolute atomic E-state index is 2.37. The fourth-order valence-corrected chi connectivity index (χ4v) is 7.32. The molecule has 0 aromatic heterocycles. The van der Waals surface area contributed by atoms with Crippen LogP contribution < -0.4 is 4.90 Å². The Bertz CT molecular complexity index is 2640. The summed E-state index contributed by atoms with van der Waals surface area (Å²) in [5, 5.41) is 2.52. The quantitative estimate of drug-likeness (QED) is 0.155. The van der Waals surface area contributed by atoms with Crippen LogP contribution in [0.2, 0.25) is 0 Å². The van der Waals surface area contributed by atoms with E-state index in [1.165, 1.54) is 66.4 Å². The number of benzene rings is 9. The van der Waals surface area contributed by atoms with Crippen LogP contribution in [-0.2, 0) is 0 Å². The molecule has 9 aromatic carbocycles. The lowest BCUT2D eigenvalue weighted by molar-refractivity contribution is 1.28. The predicted molar refractivity (Wildman–Crippen MR) is 226 cm³/mol. The van der Waals surface area contributed by atoms with Crippen LogP contribution in [0.15, 0.2) is 224 Å². The van der Waals surface area contributed by atoms with Crippen molar-refractivity contribution in [1.82, 2.24) is 0 Å². The molecule has 0 heterocycles. The highest BCUT2D eigenvalue weighted by molar-refractivity contribution is 5.90. The molecule has 0 spiro atoms. The molecule has 9 rings (SSSR count). The summed E-state index contributed by atoms with van der Waals surface area (Å²) >= 11 is 0. The molecule has 0 amide bonds. The highest BCUT2D eigenvalue weighted by Crippen LogP contribution is 2.42. The molecule has 0 bridgehead atoms. The zero-order valence-corrected chi connectivity index (χ0v) is 29.3. The van der Waals surface area contributed by atoms with E-state index >= 15 is 0 Å². The van der Waals surface area contributed by atoms with Crippen LogP contribution in [-0.4, -0.2) is 0 Å². The first-order valence-corrected chi connectivity index (χ1v) is 18.2. The van der Waals surface area contributed by atoms with Crippen molar-refractivity contribution >= 4 is 27.8 Å². The molecule has 0 unspecified atom stereocenters. The Hall–Kier alpha value is -6.96. The van der Waals surface area contributed by atoms with Gasteiger partial charge in [-0.25, -0.2) is 0 Å². The van der Waals surface area contributed by atoms with Crippen LogP contribution in [0.4, 0.5) is 17.1 Å². The zero-order chi connectivity index (χ0) is 35.4. The summed E-state index contributed by atoms with van der Waals surface area (Å²) in [5.41, 5.74) is 15.3. The third-order valence-corrected chi connectivity index (χ3v) is 10.1. The second-order valence-electron chi connectivity index (χ2n) is 13.4. The van der Waals surface area contributed by atoms with E-state index in [1.54, 1.807) is 0 Å². The molecule has 0 N–H and O–H groups in total. The summed E-state index contributed by atoms with van der Waals surface area (Å²) in [6, 6.07) is 80.8. The van der Waals surface area contributed by atoms with Gasteiger partial charge in [-0.1, -0.05) is 176 Å². The molecule has 0 fully saturated rings. The van der Waals surface area contributed by atoms with Crippen LogP contribution >= 0.6 is 0 Å². The van der Waals surface area contributed by atoms with Crippen molar-refractivity contribution in [3.63, 3.8) is 0 Å². The zero-order valence-electron chi connectivity index (χ0n) is 29.3. The van der Waals surface area contributed by atoms with E-state index in [9.17, 15) is 0 Å². The SMILES string of the molecule is c1ccc(-c2ccc(N(c3ccc(-c4cccc(-c5cccc(-c6ccc7ccccc7c6)c5)c4)cc3)c3ccccc3-c3ccccc3)cc2)cc1. The molecule has 9 aromatic rings. The van der Waals surface area contributed by atoms with Gasteiger partial charge in [0.25, 0.3) is 0 Å². The van der Waals surface area contributed by atoms with Gasteiger partial charge in [0.1, 0.15) is 0 Å². The molecule has 0 aliphatic rings. The number of fused-ring (bicyclic) bond motifs is 1. The Morgan fingerprint density at radius 3 is 1.23 bits per heavy atom. The summed E-state index contributed by atoms with van der Waals surface area (Å²) in [7, 11) is 0. The second kappa shape index (κ2) is 14.3. The second-order valence-corrected chi connectivity index (χ2v) is 13.4. The van der Waals surface area contributed by atoms with E-state index in [-0.39, 0.29) is 0 Å². The van der Waals surface area contributed by atoms with Crippen molar-refractivity contribution in [2.45, 2.75) is 0 Å². The van der Waals surface area contributed by atoms with Crippen LogP contribution in [0.1, 0.15) is 0 Å². The minimum atomic E-state index is 1.10. The first-order chi connectivity index (χ1) is 26.3. The van der Waals surface area contributed by atoms with Crippen molar-refractivity contribution in [1.29, 1.82) is 0 Å². The summed E-state index contributed by atoms with van der Waals surface area (Å²) in [4.78, 5) is 2.37. The number of anilines is 3. The van der Waals surface area contributed by atoms with E-state index in [1.807, 2.05) is 0 Å². The average Bonchev–Trinajstić information content (AvgIpc) is 3.25. The fraction of sp³-hybridized carbons (Fsp3) is 0. The Labute approximate surface area is 311 Å². The largest absolute Gasteiger partial charge is 0.310 e. The van der Waals surface area contributed by atoms with Crippen LogP contribution in [0, 0.1) is 0 Å². The third-order valence-electron chi connectivity index (χ3n) is 10.1. The lowest BCUT2D eigenvalue weighted by atomic mass is 9.95. The highest BCUT2D eigenvalue weighted by Gasteiger charge is 2.17. The van der Waals surface area contributed by atoms with Gasteiger partial charge in [-0.15, -0.1) is 0 Å². The molecular weight excluding hydrogens is 639 g/mol. The number of rotatable bonds is 8. The summed E-state index contributed by atoms with van der Waals surface area (Å²) in [6.07, 6.45) is 0. The molecule has 0 aliphatic carbocycles. The third kappa shape index (κ3) is 6.65. The van der Waals surface area contributed by atoms with Crippen molar-refractivity contribution in [2.24, 2.45) is 0 Å². The number of nitrogens with zero attached hydrogens (tertiary/aromatic N) is 1. The van der Waals surface area contributed by atoms with Crippen molar-refractivity contribution in [3.8, 4) is 55.6 Å². The standard InChI is InChI=1S/C52H37N/c1-3-13-38(14-4-1)40-27-31-49(32-28-40)53(52-24-10-9-23-51(52)42-16-5-2-6-17-42)50-33-29-41(30-34-50)44-19-11-20-45(35-44)46-21-12-22-47(37-46)48-26-25-39-15-7-8-18-43(39)36-48/h1-37H. The van der Waals surface area contributed by atoms with E-state index in [4.69, 9.17) is 0 Å². The van der Waals surface area contributed by atoms with Crippen molar-refractivity contribution in [2.75, 3.05) is 4.90 Å². The lowest BCUT2D eigenvalue weighted by Gasteiger charge is -2.28. The van der Waals surface area contributed by atoms with Gasteiger partial charge in [-0.3, -0.25) is 0 Å². The smallest absolute Gasteiger partial charge is 0.0540 e. The Balaban J connectivity index is 1.06. The van der Waals surface area contributed by atoms with Crippen LogP contribution in [0.25, 0.3) is 66.4 Å². The van der Waals surface area contributed by atoms with Gasteiger partial charge in [0.2, 0.25) is 0 Å². The molecule has 0 atom stereocenters. The van der Waals surface area contributed by atoms with Gasteiger partial charge >= 0.3 is 0 Å². The molecule has 0 saturated carbocycles. The van der Waals surface area contributed by atoms with E-state index in [0.29, 0.717) is 0 Å². The molecule has 0 saturated heterocycles.